The van der Waals surface area contributed by atoms with Crippen LogP contribution in [0.15, 0.2) is 42.6 Å². The molecule has 0 amide bonds. The average Bonchev–Trinajstić information content (AvgIpc) is 2.98. The first-order valence-electron chi connectivity index (χ1n) is 8.33. The number of imidazole rings is 1. The summed E-state index contributed by atoms with van der Waals surface area (Å²) in [4.78, 5) is 6.61. The fraction of sp³-hybridized carbons (Fsp3) is 0.368. The van der Waals surface area contributed by atoms with Crippen LogP contribution >= 0.6 is 0 Å². The normalized spacial score (nSPS) is 11.3. The Morgan fingerprint density at radius 1 is 1.04 bits per heavy atom. The monoisotopic (exact) mass is 324 g/mol. The molecule has 24 heavy (non-hydrogen) atoms. The number of benzene rings is 1. The summed E-state index contributed by atoms with van der Waals surface area (Å²) in [5.41, 5.74) is 4.14. The SMILES string of the molecule is Cc1ccc(-c2cnc3ccc(OCCCCN(C)C)nn23)cc1. The van der Waals surface area contributed by atoms with Gasteiger partial charge >= 0.3 is 0 Å². The van der Waals surface area contributed by atoms with E-state index < -0.39 is 0 Å². The molecule has 5 nitrogen and oxygen atoms in total. The number of aryl methyl sites for hydroxylation is 1. The van der Waals surface area contributed by atoms with Gasteiger partial charge in [-0.05, 0) is 46.5 Å². The van der Waals surface area contributed by atoms with Gasteiger partial charge in [0.2, 0.25) is 5.88 Å². The van der Waals surface area contributed by atoms with Crippen LogP contribution in [-0.2, 0) is 0 Å². The molecular formula is C19H24N4O. The Labute approximate surface area is 142 Å². The molecule has 2 aromatic heterocycles. The van der Waals surface area contributed by atoms with Gasteiger partial charge in [0.15, 0.2) is 5.65 Å². The maximum absolute atomic E-state index is 5.80. The van der Waals surface area contributed by atoms with Crippen LogP contribution in [0.25, 0.3) is 16.9 Å². The molecular weight excluding hydrogens is 300 g/mol. The lowest BCUT2D eigenvalue weighted by molar-refractivity contribution is 0.280. The van der Waals surface area contributed by atoms with E-state index in [9.17, 15) is 0 Å². The molecule has 0 N–H and O–H groups in total. The highest BCUT2D eigenvalue weighted by atomic mass is 16.5. The molecule has 0 aliphatic rings. The topological polar surface area (TPSA) is 42.7 Å². The van der Waals surface area contributed by atoms with Gasteiger partial charge in [0.1, 0.15) is 0 Å². The smallest absolute Gasteiger partial charge is 0.231 e. The first-order valence-corrected chi connectivity index (χ1v) is 8.33. The van der Waals surface area contributed by atoms with E-state index in [4.69, 9.17) is 4.74 Å². The van der Waals surface area contributed by atoms with Crippen LogP contribution in [0, 0.1) is 6.92 Å². The third-order valence-corrected chi connectivity index (χ3v) is 3.93. The Hall–Kier alpha value is -2.40. The summed E-state index contributed by atoms with van der Waals surface area (Å²) in [5.74, 6) is 0.638. The zero-order chi connectivity index (χ0) is 16.9. The Kier molecular flexibility index (Phi) is 5.11. The Morgan fingerprint density at radius 3 is 2.58 bits per heavy atom. The van der Waals surface area contributed by atoms with E-state index in [-0.39, 0.29) is 0 Å². The van der Waals surface area contributed by atoms with Crippen molar-refractivity contribution < 1.29 is 4.74 Å². The summed E-state index contributed by atoms with van der Waals surface area (Å²) in [6.45, 7) is 3.84. The largest absolute Gasteiger partial charge is 0.477 e. The summed E-state index contributed by atoms with van der Waals surface area (Å²) in [6.07, 6.45) is 4.00. The summed E-state index contributed by atoms with van der Waals surface area (Å²) in [5, 5.41) is 4.59. The first kappa shape index (κ1) is 16.5. The van der Waals surface area contributed by atoms with E-state index in [2.05, 4.69) is 60.3 Å². The number of fused-ring (bicyclic) bond motifs is 1. The maximum Gasteiger partial charge on any atom is 0.231 e. The molecule has 0 saturated carbocycles. The highest BCUT2D eigenvalue weighted by Crippen LogP contribution is 2.21. The molecule has 0 atom stereocenters. The minimum atomic E-state index is 0.638. The van der Waals surface area contributed by atoms with Crippen molar-refractivity contribution in [1.82, 2.24) is 19.5 Å². The van der Waals surface area contributed by atoms with Crippen molar-refractivity contribution in [1.29, 1.82) is 0 Å². The summed E-state index contributed by atoms with van der Waals surface area (Å²) in [6, 6.07) is 12.2. The number of hydrogen-bond donors (Lipinski definition) is 0. The quantitative estimate of drug-likeness (QED) is 0.625. The molecule has 0 aliphatic carbocycles. The fourth-order valence-corrected chi connectivity index (χ4v) is 2.56. The van der Waals surface area contributed by atoms with Crippen LogP contribution in [0.2, 0.25) is 0 Å². The lowest BCUT2D eigenvalue weighted by Gasteiger charge is -2.09. The van der Waals surface area contributed by atoms with Gasteiger partial charge in [0.25, 0.3) is 0 Å². The molecule has 3 rings (SSSR count). The highest BCUT2D eigenvalue weighted by molar-refractivity contribution is 5.63. The Balaban J connectivity index is 1.73. The predicted molar refractivity (Wildman–Crippen MR) is 96.4 cm³/mol. The Morgan fingerprint density at radius 2 is 1.83 bits per heavy atom. The second-order valence-corrected chi connectivity index (χ2v) is 6.31. The van der Waals surface area contributed by atoms with Gasteiger partial charge in [0, 0.05) is 11.6 Å². The van der Waals surface area contributed by atoms with Crippen molar-refractivity contribution in [3.63, 3.8) is 0 Å². The molecule has 0 bridgehead atoms. The molecule has 0 spiro atoms. The molecule has 0 fully saturated rings. The molecule has 0 aliphatic heterocycles. The van der Waals surface area contributed by atoms with Crippen LogP contribution in [0.5, 0.6) is 5.88 Å². The lowest BCUT2D eigenvalue weighted by atomic mass is 10.1. The number of aromatic nitrogens is 3. The second kappa shape index (κ2) is 7.45. The number of ether oxygens (including phenoxy) is 1. The average molecular weight is 324 g/mol. The lowest BCUT2D eigenvalue weighted by Crippen LogP contribution is -2.14. The molecule has 5 heteroatoms. The number of hydrogen-bond acceptors (Lipinski definition) is 4. The van der Waals surface area contributed by atoms with Crippen LogP contribution in [-0.4, -0.2) is 46.7 Å². The van der Waals surface area contributed by atoms with Crippen LogP contribution in [0.4, 0.5) is 0 Å². The third kappa shape index (κ3) is 3.92. The number of unbranched alkanes of at least 4 members (excludes halogenated alkanes) is 1. The molecule has 1 aromatic carbocycles. The molecule has 126 valence electrons. The van der Waals surface area contributed by atoms with Gasteiger partial charge in [-0.25, -0.2) is 9.50 Å². The molecule has 0 unspecified atom stereocenters. The minimum absolute atomic E-state index is 0.638. The van der Waals surface area contributed by atoms with Gasteiger partial charge in [0.05, 0.1) is 18.5 Å². The summed E-state index contributed by atoms with van der Waals surface area (Å²) in [7, 11) is 4.17. The van der Waals surface area contributed by atoms with Crippen molar-refractivity contribution in [2.45, 2.75) is 19.8 Å². The van der Waals surface area contributed by atoms with Crippen molar-refractivity contribution in [2.75, 3.05) is 27.2 Å². The van der Waals surface area contributed by atoms with E-state index in [1.54, 1.807) is 0 Å². The van der Waals surface area contributed by atoms with E-state index in [0.717, 1.165) is 36.3 Å². The first-order chi connectivity index (χ1) is 11.6. The number of nitrogens with zero attached hydrogens (tertiary/aromatic N) is 4. The molecule has 3 aromatic rings. The maximum atomic E-state index is 5.80. The van der Waals surface area contributed by atoms with Crippen molar-refractivity contribution >= 4 is 5.65 Å². The zero-order valence-corrected chi connectivity index (χ0v) is 14.6. The van der Waals surface area contributed by atoms with Gasteiger partial charge in [-0.1, -0.05) is 29.8 Å². The van der Waals surface area contributed by atoms with E-state index in [1.165, 1.54) is 5.56 Å². The standard InChI is InChI=1S/C19H24N4O/c1-15-6-8-16(9-7-15)17-14-20-18-10-11-19(21-23(17)18)24-13-5-4-12-22(2)3/h6-11,14H,4-5,12-13H2,1-3H3. The minimum Gasteiger partial charge on any atom is -0.477 e. The molecule has 0 saturated heterocycles. The number of rotatable bonds is 7. The Bertz CT molecular complexity index is 793. The van der Waals surface area contributed by atoms with Crippen molar-refractivity contribution in [2.24, 2.45) is 0 Å². The third-order valence-electron chi connectivity index (χ3n) is 3.93. The van der Waals surface area contributed by atoms with Crippen molar-refractivity contribution in [3.05, 3.63) is 48.2 Å². The molecule has 2 heterocycles. The zero-order valence-electron chi connectivity index (χ0n) is 14.6. The van der Waals surface area contributed by atoms with E-state index in [0.29, 0.717) is 12.5 Å². The van der Waals surface area contributed by atoms with E-state index in [1.807, 2.05) is 22.8 Å². The predicted octanol–water partition coefficient (Wildman–Crippen LogP) is 3.43. The van der Waals surface area contributed by atoms with Crippen LogP contribution in [0.3, 0.4) is 0 Å². The van der Waals surface area contributed by atoms with E-state index >= 15 is 0 Å². The fourth-order valence-electron chi connectivity index (χ4n) is 2.56. The summed E-state index contributed by atoms with van der Waals surface area (Å²) < 4.78 is 7.64. The molecule has 0 radical (unpaired) electrons. The van der Waals surface area contributed by atoms with Crippen LogP contribution in [0.1, 0.15) is 18.4 Å². The van der Waals surface area contributed by atoms with Crippen molar-refractivity contribution in [3.8, 4) is 17.1 Å². The van der Waals surface area contributed by atoms with Gasteiger partial charge in [-0.3, -0.25) is 0 Å². The highest BCUT2D eigenvalue weighted by Gasteiger charge is 2.08. The van der Waals surface area contributed by atoms with Gasteiger partial charge < -0.3 is 9.64 Å². The van der Waals surface area contributed by atoms with Gasteiger partial charge in [-0.2, -0.15) is 0 Å². The summed E-state index contributed by atoms with van der Waals surface area (Å²) >= 11 is 0. The van der Waals surface area contributed by atoms with Crippen LogP contribution < -0.4 is 4.74 Å². The van der Waals surface area contributed by atoms with Gasteiger partial charge in [-0.15, -0.1) is 5.10 Å². The second-order valence-electron chi connectivity index (χ2n) is 6.31.